The van der Waals surface area contributed by atoms with E-state index in [1.165, 1.54) is 18.4 Å². The van der Waals surface area contributed by atoms with Crippen LogP contribution in [0.2, 0.25) is 0 Å². The minimum absolute atomic E-state index is 0.0853. The highest BCUT2D eigenvalue weighted by Gasteiger charge is 2.25. The Morgan fingerprint density at radius 2 is 1.75 bits per heavy atom. The number of likely N-dealkylation sites (tertiary alicyclic amines) is 1. The maximum Gasteiger partial charge on any atom is 0.127 e. The topological polar surface area (TPSA) is 3.24 Å². The van der Waals surface area contributed by atoms with Gasteiger partial charge in [0.25, 0.3) is 0 Å². The summed E-state index contributed by atoms with van der Waals surface area (Å²) in [5.41, 5.74) is 2.19. The van der Waals surface area contributed by atoms with E-state index >= 15 is 0 Å². The summed E-state index contributed by atoms with van der Waals surface area (Å²) >= 11 is 0. The first-order valence-electron chi connectivity index (χ1n) is 7.34. The van der Waals surface area contributed by atoms with Crippen LogP contribution < -0.4 is 0 Å². The van der Waals surface area contributed by atoms with E-state index in [-0.39, 0.29) is 5.82 Å². The average molecular weight is 269 g/mol. The van der Waals surface area contributed by atoms with Gasteiger partial charge in [0.1, 0.15) is 5.82 Å². The average Bonchev–Trinajstić information content (AvgIpc) is 2.90. The first-order chi connectivity index (χ1) is 9.83. The zero-order chi connectivity index (χ0) is 13.8. The van der Waals surface area contributed by atoms with E-state index < -0.39 is 0 Å². The van der Waals surface area contributed by atoms with E-state index in [0.29, 0.717) is 6.04 Å². The van der Waals surface area contributed by atoms with Gasteiger partial charge in [0.15, 0.2) is 0 Å². The Bertz CT molecular complexity index is 552. The van der Waals surface area contributed by atoms with Crippen LogP contribution in [0.25, 0.3) is 0 Å². The SMILES string of the molecule is Fc1ccccc1CN1CCCC1Cc1ccccc1. The lowest BCUT2D eigenvalue weighted by atomic mass is 10.0. The minimum Gasteiger partial charge on any atom is -0.296 e. The molecule has 0 bridgehead atoms. The van der Waals surface area contributed by atoms with Gasteiger partial charge < -0.3 is 0 Å². The van der Waals surface area contributed by atoms with Gasteiger partial charge in [-0.3, -0.25) is 4.90 Å². The van der Waals surface area contributed by atoms with E-state index in [1.807, 2.05) is 12.1 Å². The maximum atomic E-state index is 13.8. The van der Waals surface area contributed by atoms with Crippen LogP contribution in [0.1, 0.15) is 24.0 Å². The maximum absolute atomic E-state index is 13.8. The molecule has 0 amide bonds. The summed E-state index contributed by atoms with van der Waals surface area (Å²) < 4.78 is 13.8. The molecule has 1 atom stereocenters. The van der Waals surface area contributed by atoms with Gasteiger partial charge in [0.2, 0.25) is 0 Å². The molecule has 0 aromatic heterocycles. The monoisotopic (exact) mass is 269 g/mol. The first-order valence-corrected chi connectivity index (χ1v) is 7.34. The third kappa shape index (κ3) is 3.07. The Kier molecular flexibility index (Phi) is 4.12. The van der Waals surface area contributed by atoms with Gasteiger partial charge >= 0.3 is 0 Å². The molecule has 0 saturated carbocycles. The molecule has 0 aliphatic carbocycles. The van der Waals surface area contributed by atoms with Crippen LogP contribution in [0, 0.1) is 5.82 Å². The Balaban J connectivity index is 1.68. The van der Waals surface area contributed by atoms with Crippen molar-refractivity contribution < 1.29 is 4.39 Å². The summed E-state index contributed by atoms with van der Waals surface area (Å²) in [7, 11) is 0. The van der Waals surface area contributed by atoms with Crippen LogP contribution in [0.4, 0.5) is 4.39 Å². The van der Waals surface area contributed by atoms with Gasteiger partial charge in [0.05, 0.1) is 0 Å². The van der Waals surface area contributed by atoms with E-state index in [2.05, 4.69) is 35.2 Å². The van der Waals surface area contributed by atoms with Gasteiger partial charge in [0, 0.05) is 18.2 Å². The van der Waals surface area contributed by atoms with Crippen LogP contribution in [0.5, 0.6) is 0 Å². The highest BCUT2D eigenvalue weighted by atomic mass is 19.1. The van der Waals surface area contributed by atoms with Crippen LogP contribution in [-0.2, 0) is 13.0 Å². The second-order valence-corrected chi connectivity index (χ2v) is 5.55. The van der Waals surface area contributed by atoms with Crippen molar-refractivity contribution in [3.8, 4) is 0 Å². The molecule has 1 nitrogen and oxygen atoms in total. The van der Waals surface area contributed by atoms with Crippen LogP contribution >= 0.6 is 0 Å². The fourth-order valence-corrected chi connectivity index (χ4v) is 3.07. The highest BCUT2D eigenvalue weighted by Crippen LogP contribution is 2.24. The van der Waals surface area contributed by atoms with Crippen molar-refractivity contribution in [2.75, 3.05) is 6.54 Å². The van der Waals surface area contributed by atoms with Crippen LogP contribution in [0.3, 0.4) is 0 Å². The highest BCUT2D eigenvalue weighted by molar-refractivity contribution is 5.19. The Morgan fingerprint density at radius 1 is 1.00 bits per heavy atom. The van der Waals surface area contributed by atoms with Gasteiger partial charge in [-0.25, -0.2) is 4.39 Å². The molecule has 2 aromatic rings. The van der Waals surface area contributed by atoms with Gasteiger partial charge in [-0.05, 0) is 37.4 Å². The molecule has 1 unspecified atom stereocenters. The molecule has 1 aliphatic rings. The second-order valence-electron chi connectivity index (χ2n) is 5.55. The van der Waals surface area contributed by atoms with E-state index in [9.17, 15) is 4.39 Å². The zero-order valence-corrected chi connectivity index (χ0v) is 11.6. The summed E-state index contributed by atoms with van der Waals surface area (Å²) in [5.74, 6) is -0.0853. The summed E-state index contributed by atoms with van der Waals surface area (Å²) in [6.07, 6.45) is 3.49. The lowest BCUT2D eigenvalue weighted by Crippen LogP contribution is -2.30. The summed E-state index contributed by atoms with van der Waals surface area (Å²) in [6, 6.07) is 18.2. The third-order valence-electron chi connectivity index (χ3n) is 4.14. The van der Waals surface area contributed by atoms with Crippen LogP contribution in [0.15, 0.2) is 54.6 Å². The van der Waals surface area contributed by atoms with E-state index in [0.717, 1.165) is 25.1 Å². The van der Waals surface area contributed by atoms with Crippen molar-refractivity contribution in [3.63, 3.8) is 0 Å². The van der Waals surface area contributed by atoms with Crippen LogP contribution in [-0.4, -0.2) is 17.5 Å². The summed E-state index contributed by atoms with van der Waals surface area (Å²) in [5, 5.41) is 0. The Labute approximate surface area is 120 Å². The number of halogens is 1. The molecular formula is C18H20FN. The van der Waals surface area contributed by atoms with Crippen molar-refractivity contribution in [2.45, 2.75) is 31.8 Å². The Hall–Kier alpha value is -1.67. The molecular weight excluding hydrogens is 249 g/mol. The van der Waals surface area contributed by atoms with Gasteiger partial charge in [-0.2, -0.15) is 0 Å². The van der Waals surface area contributed by atoms with Crippen molar-refractivity contribution >= 4 is 0 Å². The predicted octanol–water partition coefficient (Wildman–Crippen LogP) is 4.03. The molecule has 2 aromatic carbocycles. The molecule has 104 valence electrons. The number of hydrogen-bond donors (Lipinski definition) is 0. The largest absolute Gasteiger partial charge is 0.296 e. The number of nitrogens with zero attached hydrogens (tertiary/aromatic N) is 1. The second kappa shape index (κ2) is 6.19. The van der Waals surface area contributed by atoms with Crippen molar-refractivity contribution in [3.05, 3.63) is 71.5 Å². The molecule has 2 heteroatoms. The molecule has 1 saturated heterocycles. The number of benzene rings is 2. The molecule has 1 aliphatic heterocycles. The number of rotatable bonds is 4. The molecule has 0 radical (unpaired) electrons. The molecule has 1 heterocycles. The van der Waals surface area contributed by atoms with Crippen molar-refractivity contribution in [1.29, 1.82) is 0 Å². The summed E-state index contributed by atoms with van der Waals surface area (Å²) in [4.78, 5) is 2.42. The van der Waals surface area contributed by atoms with Crippen molar-refractivity contribution in [1.82, 2.24) is 4.90 Å². The first kappa shape index (κ1) is 13.3. The molecule has 3 rings (SSSR count). The molecule has 1 fully saturated rings. The third-order valence-corrected chi connectivity index (χ3v) is 4.14. The summed E-state index contributed by atoms with van der Waals surface area (Å²) in [6.45, 7) is 1.80. The fourth-order valence-electron chi connectivity index (χ4n) is 3.07. The standard InChI is InChI=1S/C18H20FN/c19-18-11-5-4-9-16(18)14-20-12-6-10-17(20)13-15-7-2-1-3-8-15/h1-5,7-9,11,17H,6,10,12-14H2. The lowest BCUT2D eigenvalue weighted by Gasteiger charge is -2.24. The van der Waals surface area contributed by atoms with Gasteiger partial charge in [-0.1, -0.05) is 48.5 Å². The lowest BCUT2D eigenvalue weighted by molar-refractivity contribution is 0.241. The smallest absolute Gasteiger partial charge is 0.127 e. The molecule has 0 N–H and O–H groups in total. The Morgan fingerprint density at radius 3 is 2.55 bits per heavy atom. The molecule has 20 heavy (non-hydrogen) atoms. The fraction of sp³-hybridized carbons (Fsp3) is 0.333. The van der Waals surface area contributed by atoms with Crippen molar-refractivity contribution in [2.24, 2.45) is 0 Å². The van der Waals surface area contributed by atoms with E-state index in [4.69, 9.17) is 0 Å². The molecule has 0 spiro atoms. The minimum atomic E-state index is -0.0853. The zero-order valence-electron chi connectivity index (χ0n) is 11.6. The number of hydrogen-bond acceptors (Lipinski definition) is 1. The normalized spacial score (nSPS) is 19.4. The predicted molar refractivity (Wildman–Crippen MR) is 80.0 cm³/mol. The quantitative estimate of drug-likeness (QED) is 0.810. The van der Waals surface area contributed by atoms with E-state index in [1.54, 1.807) is 12.1 Å². The van der Waals surface area contributed by atoms with Gasteiger partial charge in [-0.15, -0.1) is 0 Å².